The monoisotopic (exact) mass is 387 g/mol. The molecule has 130 valence electrons. The molecule has 0 saturated heterocycles. The molecule has 1 heterocycles. The molecule has 0 amide bonds. The zero-order chi connectivity index (χ0) is 18.4. The maximum absolute atomic E-state index is 12.8. The lowest BCUT2D eigenvalue weighted by molar-refractivity contribution is -0.137. The first-order valence-electron chi connectivity index (χ1n) is 7.33. The number of nitrogens with zero attached hydrogens (tertiary/aromatic N) is 3. The molecule has 0 atom stereocenters. The van der Waals surface area contributed by atoms with E-state index in [1.807, 2.05) is 6.07 Å². The van der Waals surface area contributed by atoms with Gasteiger partial charge < -0.3 is 0 Å². The average Bonchev–Trinajstić information content (AvgIpc) is 2.87. The first-order valence-corrected chi connectivity index (χ1v) is 8.08. The second-order valence-electron chi connectivity index (χ2n) is 5.73. The molecule has 3 rings (SSSR count). The van der Waals surface area contributed by atoms with E-state index < -0.39 is 11.7 Å². The SMILES string of the molecule is N#Cc1nn(-c2c(Cl)cc(C(F)(F)F)cc2Cl)cc1C(=O)C1CCC1. The van der Waals surface area contributed by atoms with Crippen molar-refractivity contribution < 1.29 is 18.0 Å². The normalized spacial score (nSPS) is 14.9. The summed E-state index contributed by atoms with van der Waals surface area (Å²) in [6.07, 6.45) is -0.866. The van der Waals surface area contributed by atoms with E-state index in [-0.39, 0.29) is 38.7 Å². The molecule has 0 bridgehead atoms. The summed E-state index contributed by atoms with van der Waals surface area (Å²) in [5, 5.41) is 12.6. The number of rotatable bonds is 3. The van der Waals surface area contributed by atoms with E-state index in [9.17, 15) is 23.2 Å². The minimum Gasteiger partial charge on any atom is -0.294 e. The molecule has 1 aliphatic rings. The predicted molar refractivity (Wildman–Crippen MR) is 85.0 cm³/mol. The number of carbonyl (C=O) groups excluding carboxylic acids is 1. The van der Waals surface area contributed by atoms with Gasteiger partial charge in [0, 0.05) is 12.1 Å². The van der Waals surface area contributed by atoms with Crippen LogP contribution in [0.15, 0.2) is 18.3 Å². The minimum absolute atomic E-state index is 0.0134. The second-order valence-corrected chi connectivity index (χ2v) is 6.54. The maximum Gasteiger partial charge on any atom is 0.416 e. The molecule has 25 heavy (non-hydrogen) atoms. The fraction of sp³-hybridized carbons (Fsp3) is 0.312. The van der Waals surface area contributed by atoms with Gasteiger partial charge in [0.2, 0.25) is 0 Å². The fourth-order valence-corrected chi connectivity index (χ4v) is 3.25. The minimum atomic E-state index is -4.60. The van der Waals surface area contributed by atoms with Crippen molar-refractivity contribution in [1.82, 2.24) is 9.78 Å². The Morgan fingerprint density at radius 2 is 1.88 bits per heavy atom. The molecule has 1 fully saturated rings. The Morgan fingerprint density at radius 1 is 1.28 bits per heavy atom. The topological polar surface area (TPSA) is 58.7 Å². The van der Waals surface area contributed by atoms with Crippen molar-refractivity contribution in [2.24, 2.45) is 5.92 Å². The highest BCUT2D eigenvalue weighted by Gasteiger charge is 2.33. The second kappa shape index (κ2) is 6.36. The number of alkyl halides is 3. The van der Waals surface area contributed by atoms with Crippen LogP contribution in [0.2, 0.25) is 10.0 Å². The summed E-state index contributed by atoms with van der Waals surface area (Å²) < 4.78 is 39.5. The molecule has 9 heteroatoms. The number of carbonyl (C=O) groups is 1. The molecule has 0 N–H and O–H groups in total. The van der Waals surface area contributed by atoms with Gasteiger partial charge in [-0.15, -0.1) is 0 Å². The smallest absolute Gasteiger partial charge is 0.294 e. The van der Waals surface area contributed by atoms with E-state index in [0.29, 0.717) is 0 Å². The summed E-state index contributed by atoms with van der Waals surface area (Å²) in [7, 11) is 0. The van der Waals surface area contributed by atoms with E-state index in [2.05, 4.69) is 5.10 Å². The van der Waals surface area contributed by atoms with Gasteiger partial charge in [0.15, 0.2) is 11.5 Å². The van der Waals surface area contributed by atoms with Crippen molar-refractivity contribution in [3.8, 4) is 11.8 Å². The van der Waals surface area contributed by atoms with E-state index in [1.165, 1.54) is 6.20 Å². The summed E-state index contributed by atoms with van der Waals surface area (Å²) in [4.78, 5) is 12.4. The molecule has 4 nitrogen and oxygen atoms in total. The molecule has 0 radical (unpaired) electrons. The van der Waals surface area contributed by atoms with Crippen LogP contribution >= 0.6 is 23.2 Å². The third kappa shape index (κ3) is 3.24. The third-order valence-electron chi connectivity index (χ3n) is 4.13. The van der Waals surface area contributed by atoms with E-state index >= 15 is 0 Å². The van der Waals surface area contributed by atoms with E-state index in [1.54, 1.807) is 0 Å². The van der Waals surface area contributed by atoms with Gasteiger partial charge in [-0.1, -0.05) is 29.6 Å². The summed E-state index contributed by atoms with van der Waals surface area (Å²) in [5.74, 6) is -0.350. The molecular weight excluding hydrogens is 378 g/mol. The van der Waals surface area contributed by atoms with Crippen LogP contribution in [0.5, 0.6) is 0 Å². The molecule has 0 aliphatic heterocycles. The van der Waals surface area contributed by atoms with Gasteiger partial charge in [-0.3, -0.25) is 4.79 Å². The van der Waals surface area contributed by atoms with Crippen molar-refractivity contribution in [3.05, 3.63) is 45.2 Å². The molecule has 1 aromatic carbocycles. The number of benzene rings is 1. The Hall–Kier alpha value is -2.04. The number of nitriles is 1. The molecular formula is C16H10Cl2F3N3O. The van der Waals surface area contributed by atoms with Crippen LogP contribution in [0.25, 0.3) is 5.69 Å². The van der Waals surface area contributed by atoms with Crippen LogP contribution in [-0.2, 0) is 6.18 Å². The summed E-state index contributed by atoms with van der Waals surface area (Å²) >= 11 is 11.9. The number of ketones is 1. The fourth-order valence-electron chi connectivity index (χ4n) is 2.59. The molecule has 0 spiro atoms. The van der Waals surface area contributed by atoms with Crippen LogP contribution in [0.1, 0.15) is 40.9 Å². The quantitative estimate of drug-likeness (QED) is 0.692. The Balaban J connectivity index is 2.07. The molecule has 1 aliphatic carbocycles. The standard InChI is InChI=1S/C16H10Cl2F3N3O/c17-11-4-9(16(19,20)21)5-12(18)14(11)24-7-10(13(6-22)23-24)15(25)8-2-1-3-8/h4-5,7-8H,1-3H2. The van der Waals surface area contributed by atoms with Crippen molar-refractivity contribution in [3.63, 3.8) is 0 Å². The Morgan fingerprint density at radius 3 is 2.32 bits per heavy atom. The highest BCUT2D eigenvalue weighted by molar-refractivity contribution is 6.37. The van der Waals surface area contributed by atoms with Gasteiger partial charge in [-0.05, 0) is 25.0 Å². The van der Waals surface area contributed by atoms with Gasteiger partial charge in [0.25, 0.3) is 0 Å². The maximum atomic E-state index is 12.8. The van der Waals surface area contributed by atoms with Gasteiger partial charge >= 0.3 is 6.18 Å². The highest BCUT2D eigenvalue weighted by atomic mass is 35.5. The van der Waals surface area contributed by atoms with Crippen molar-refractivity contribution in [2.45, 2.75) is 25.4 Å². The van der Waals surface area contributed by atoms with Crippen LogP contribution in [0.4, 0.5) is 13.2 Å². The highest BCUT2D eigenvalue weighted by Crippen LogP contribution is 2.38. The van der Waals surface area contributed by atoms with Crippen LogP contribution < -0.4 is 0 Å². The van der Waals surface area contributed by atoms with E-state index in [4.69, 9.17) is 23.2 Å². The van der Waals surface area contributed by atoms with Crippen LogP contribution in [0, 0.1) is 17.2 Å². The Bertz CT molecular complexity index is 872. The zero-order valence-corrected chi connectivity index (χ0v) is 14.1. The summed E-state index contributed by atoms with van der Waals surface area (Å²) in [6.45, 7) is 0. The summed E-state index contributed by atoms with van der Waals surface area (Å²) in [6, 6.07) is 3.28. The molecule has 1 aromatic heterocycles. The van der Waals surface area contributed by atoms with Gasteiger partial charge in [0.05, 0.1) is 21.2 Å². The zero-order valence-electron chi connectivity index (χ0n) is 12.6. The lowest BCUT2D eigenvalue weighted by Gasteiger charge is -2.23. The third-order valence-corrected chi connectivity index (χ3v) is 4.71. The predicted octanol–water partition coefficient (Wildman–Crippen LogP) is 5.05. The molecule has 2 aromatic rings. The van der Waals surface area contributed by atoms with Crippen molar-refractivity contribution in [2.75, 3.05) is 0 Å². The van der Waals surface area contributed by atoms with Gasteiger partial charge in [0.1, 0.15) is 11.8 Å². The average molecular weight is 388 g/mol. The largest absolute Gasteiger partial charge is 0.416 e. The van der Waals surface area contributed by atoms with Crippen LogP contribution in [-0.4, -0.2) is 15.6 Å². The first kappa shape index (κ1) is 17.8. The number of aromatic nitrogens is 2. The summed E-state index contributed by atoms with van der Waals surface area (Å²) in [5.41, 5.74) is -0.992. The Labute approximate surface area is 150 Å². The number of halogens is 5. The lowest BCUT2D eigenvalue weighted by atomic mass is 9.80. The number of Topliss-reactive ketones (excluding diaryl/α,β-unsaturated/α-hetero) is 1. The number of hydrogen-bond acceptors (Lipinski definition) is 3. The number of hydrogen-bond donors (Lipinski definition) is 0. The van der Waals surface area contributed by atoms with Crippen molar-refractivity contribution in [1.29, 1.82) is 5.26 Å². The lowest BCUT2D eigenvalue weighted by Crippen LogP contribution is -2.22. The Kier molecular flexibility index (Phi) is 4.52. The van der Waals surface area contributed by atoms with Crippen LogP contribution in [0.3, 0.4) is 0 Å². The molecule has 0 unspecified atom stereocenters. The van der Waals surface area contributed by atoms with Crippen molar-refractivity contribution >= 4 is 29.0 Å². The van der Waals surface area contributed by atoms with Gasteiger partial charge in [-0.2, -0.15) is 23.5 Å². The van der Waals surface area contributed by atoms with Gasteiger partial charge in [-0.25, -0.2) is 4.68 Å². The first-order chi connectivity index (χ1) is 11.7. The molecule has 1 saturated carbocycles. The van der Waals surface area contributed by atoms with E-state index in [0.717, 1.165) is 36.1 Å².